The third kappa shape index (κ3) is 2.25. The van der Waals surface area contributed by atoms with Crippen molar-refractivity contribution in [1.29, 1.82) is 0 Å². The second kappa shape index (κ2) is 5.70. The van der Waals surface area contributed by atoms with Gasteiger partial charge in [0.2, 0.25) is 0 Å². The van der Waals surface area contributed by atoms with Gasteiger partial charge in [-0.25, -0.2) is 0 Å². The average Bonchev–Trinajstić information content (AvgIpc) is 3.18. The maximum atomic E-state index is 11.2. The van der Waals surface area contributed by atoms with Crippen molar-refractivity contribution in [2.75, 3.05) is 13.2 Å². The Balaban J connectivity index is 1.51. The molecule has 0 spiro atoms. The van der Waals surface area contributed by atoms with Crippen LogP contribution in [0.3, 0.4) is 0 Å². The van der Waals surface area contributed by atoms with Crippen LogP contribution in [-0.4, -0.2) is 35.3 Å². The predicted molar refractivity (Wildman–Crippen MR) is 97.9 cm³/mol. The van der Waals surface area contributed by atoms with Crippen LogP contribution in [0.5, 0.6) is 5.75 Å². The Bertz CT molecular complexity index is 710. The van der Waals surface area contributed by atoms with E-state index in [2.05, 4.69) is 13.8 Å². The molecule has 6 unspecified atom stereocenters. The normalized spacial score (nSPS) is 43.6. The molecule has 3 aliphatic carbocycles. The van der Waals surface area contributed by atoms with Crippen molar-refractivity contribution in [3.63, 3.8) is 0 Å². The van der Waals surface area contributed by atoms with Crippen LogP contribution in [0, 0.1) is 23.2 Å². The lowest BCUT2D eigenvalue weighted by Gasteiger charge is -2.54. The van der Waals surface area contributed by atoms with Gasteiger partial charge < -0.3 is 19.7 Å². The molecule has 5 rings (SSSR count). The highest BCUT2D eigenvalue weighted by Gasteiger charge is 2.62. The van der Waals surface area contributed by atoms with Gasteiger partial charge >= 0.3 is 0 Å². The van der Waals surface area contributed by atoms with Gasteiger partial charge in [0, 0.05) is 11.8 Å². The zero-order chi connectivity index (χ0) is 18.1. The third-order valence-corrected chi connectivity index (χ3v) is 8.18. The average molecular weight is 358 g/mol. The SMILES string of the molecule is CC1(C2CCC3C4CCc5cc(O)ccc5C4C(O)CC32C)OCCO1. The summed E-state index contributed by atoms with van der Waals surface area (Å²) in [6, 6.07) is 5.72. The van der Waals surface area contributed by atoms with E-state index in [0.717, 1.165) is 25.7 Å². The minimum atomic E-state index is -0.492. The summed E-state index contributed by atoms with van der Waals surface area (Å²) < 4.78 is 12.1. The molecule has 0 radical (unpaired) electrons. The maximum Gasteiger partial charge on any atom is 0.169 e. The van der Waals surface area contributed by atoms with Gasteiger partial charge in [0.15, 0.2) is 5.79 Å². The summed E-state index contributed by atoms with van der Waals surface area (Å²) in [5, 5.41) is 21.1. The van der Waals surface area contributed by atoms with E-state index in [1.165, 1.54) is 17.5 Å². The lowest BCUT2D eigenvalue weighted by atomic mass is 9.52. The standard InChI is InChI=1S/C22H30O4/c1-21-12-18(24)20-15-6-4-14(23)11-13(15)3-5-16(20)17(21)7-8-19(21)22(2)25-9-10-26-22/h4,6,11,16-20,23-24H,3,5,7-10,12H2,1-2H3. The van der Waals surface area contributed by atoms with Crippen molar-refractivity contribution >= 4 is 0 Å². The fourth-order valence-electron chi connectivity index (χ4n) is 7.24. The van der Waals surface area contributed by atoms with Gasteiger partial charge in [-0.05, 0) is 79.5 Å². The van der Waals surface area contributed by atoms with Gasteiger partial charge in [0.1, 0.15) is 5.75 Å². The molecule has 4 nitrogen and oxygen atoms in total. The van der Waals surface area contributed by atoms with Crippen molar-refractivity contribution in [2.24, 2.45) is 23.2 Å². The Labute approximate surface area is 155 Å². The Morgan fingerprint density at radius 3 is 2.62 bits per heavy atom. The lowest BCUT2D eigenvalue weighted by Crippen LogP contribution is -2.53. The molecule has 142 valence electrons. The van der Waals surface area contributed by atoms with Gasteiger partial charge in [-0.15, -0.1) is 0 Å². The number of benzene rings is 1. The van der Waals surface area contributed by atoms with Gasteiger partial charge in [-0.1, -0.05) is 13.0 Å². The molecule has 6 atom stereocenters. The summed E-state index contributed by atoms with van der Waals surface area (Å²) in [5.74, 6) is 1.51. The van der Waals surface area contributed by atoms with Crippen molar-refractivity contribution < 1.29 is 19.7 Å². The number of fused-ring (bicyclic) bond motifs is 5. The van der Waals surface area contributed by atoms with Crippen LogP contribution in [-0.2, 0) is 15.9 Å². The summed E-state index contributed by atoms with van der Waals surface area (Å²) in [7, 11) is 0. The molecule has 2 saturated carbocycles. The summed E-state index contributed by atoms with van der Waals surface area (Å²) in [5.41, 5.74) is 2.54. The number of aromatic hydroxyl groups is 1. The van der Waals surface area contributed by atoms with Crippen LogP contribution in [0.15, 0.2) is 18.2 Å². The number of ether oxygens (including phenoxy) is 2. The molecule has 2 N–H and O–H groups in total. The molecule has 0 bridgehead atoms. The lowest BCUT2D eigenvalue weighted by molar-refractivity contribution is -0.216. The summed E-state index contributed by atoms with van der Waals surface area (Å²) in [6.07, 6.45) is 4.89. The van der Waals surface area contributed by atoms with Crippen LogP contribution < -0.4 is 0 Å². The Hall–Kier alpha value is -1.10. The highest BCUT2D eigenvalue weighted by atomic mass is 16.7. The Morgan fingerprint density at radius 1 is 1.08 bits per heavy atom. The van der Waals surface area contributed by atoms with E-state index in [1.54, 1.807) is 6.07 Å². The second-order valence-corrected chi connectivity index (χ2v) is 9.34. The highest BCUT2D eigenvalue weighted by molar-refractivity contribution is 5.41. The number of aliphatic hydroxyl groups excluding tert-OH is 1. The van der Waals surface area contributed by atoms with E-state index >= 15 is 0 Å². The van der Waals surface area contributed by atoms with Crippen LogP contribution in [0.25, 0.3) is 0 Å². The number of aryl methyl sites for hydroxylation is 1. The first-order valence-corrected chi connectivity index (χ1v) is 10.2. The minimum Gasteiger partial charge on any atom is -0.508 e. The van der Waals surface area contributed by atoms with E-state index in [0.29, 0.717) is 36.7 Å². The van der Waals surface area contributed by atoms with Crippen LogP contribution in [0.1, 0.15) is 56.6 Å². The van der Waals surface area contributed by atoms with Gasteiger partial charge in [-0.2, -0.15) is 0 Å². The van der Waals surface area contributed by atoms with E-state index in [-0.39, 0.29) is 17.4 Å². The van der Waals surface area contributed by atoms with E-state index < -0.39 is 5.79 Å². The summed E-state index contributed by atoms with van der Waals surface area (Å²) in [6.45, 7) is 5.84. The smallest absolute Gasteiger partial charge is 0.169 e. The monoisotopic (exact) mass is 358 g/mol. The molecule has 1 heterocycles. The Kier molecular flexibility index (Phi) is 3.73. The quantitative estimate of drug-likeness (QED) is 0.805. The maximum absolute atomic E-state index is 11.2. The predicted octanol–water partition coefficient (Wildman–Crippen LogP) is 3.60. The zero-order valence-electron chi connectivity index (χ0n) is 15.8. The minimum absolute atomic E-state index is 0.0636. The topological polar surface area (TPSA) is 58.9 Å². The number of phenolic OH excluding ortho intramolecular Hbond substituents is 1. The van der Waals surface area contributed by atoms with Crippen molar-refractivity contribution in [1.82, 2.24) is 0 Å². The van der Waals surface area contributed by atoms with Crippen LogP contribution in [0.4, 0.5) is 0 Å². The number of hydrogen-bond acceptors (Lipinski definition) is 4. The molecule has 1 aromatic carbocycles. The number of hydrogen-bond donors (Lipinski definition) is 2. The van der Waals surface area contributed by atoms with Crippen LogP contribution in [0.2, 0.25) is 0 Å². The van der Waals surface area contributed by atoms with Gasteiger partial charge in [0.25, 0.3) is 0 Å². The number of aliphatic hydroxyl groups is 1. The molecule has 1 aromatic rings. The van der Waals surface area contributed by atoms with Crippen molar-refractivity contribution in [3.8, 4) is 5.75 Å². The first kappa shape index (κ1) is 17.0. The van der Waals surface area contributed by atoms with Crippen LogP contribution >= 0.6 is 0 Å². The fraction of sp³-hybridized carbons (Fsp3) is 0.727. The van der Waals surface area contributed by atoms with Gasteiger partial charge in [0.05, 0.1) is 19.3 Å². The Morgan fingerprint density at radius 2 is 1.85 bits per heavy atom. The summed E-state index contributed by atoms with van der Waals surface area (Å²) in [4.78, 5) is 0. The van der Waals surface area contributed by atoms with Crippen molar-refractivity contribution in [3.05, 3.63) is 29.3 Å². The first-order valence-electron chi connectivity index (χ1n) is 10.2. The largest absolute Gasteiger partial charge is 0.508 e. The number of phenols is 1. The highest BCUT2D eigenvalue weighted by Crippen LogP contribution is 2.65. The molecule has 0 amide bonds. The van der Waals surface area contributed by atoms with E-state index in [9.17, 15) is 10.2 Å². The molecule has 26 heavy (non-hydrogen) atoms. The molecule has 1 saturated heterocycles. The fourth-order valence-corrected chi connectivity index (χ4v) is 7.24. The molecule has 4 aliphatic rings. The van der Waals surface area contributed by atoms with E-state index in [1.807, 2.05) is 12.1 Å². The summed E-state index contributed by atoms with van der Waals surface area (Å²) >= 11 is 0. The van der Waals surface area contributed by atoms with E-state index in [4.69, 9.17) is 9.47 Å². The molecule has 0 aromatic heterocycles. The third-order valence-electron chi connectivity index (χ3n) is 8.18. The molecule has 1 aliphatic heterocycles. The molecule has 4 heteroatoms. The van der Waals surface area contributed by atoms with Crippen molar-refractivity contribution in [2.45, 2.75) is 63.8 Å². The van der Waals surface area contributed by atoms with Gasteiger partial charge in [-0.3, -0.25) is 0 Å². The zero-order valence-corrected chi connectivity index (χ0v) is 15.8. The number of rotatable bonds is 1. The molecular formula is C22H30O4. The molecular weight excluding hydrogens is 328 g/mol. The second-order valence-electron chi connectivity index (χ2n) is 9.34. The molecule has 3 fully saturated rings. The first-order chi connectivity index (χ1) is 12.4.